The maximum Gasteiger partial charge on any atom is 0.243 e. The van der Waals surface area contributed by atoms with Crippen LogP contribution in [0.2, 0.25) is 0 Å². The number of hydrogen-bond acceptors (Lipinski definition) is 9. The molecule has 0 aromatic rings. The largest absolute Gasteiger partial charge is 0.353 e. The Balaban J connectivity index is 1.71. The number of nitrogens with two attached hydrogens (primary N) is 1. The Morgan fingerprint density at radius 1 is 1.12 bits per heavy atom. The van der Waals surface area contributed by atoms with E-state index >= 15 is 0 Å². The molecular weight excluding hydrogens is 498 g/mol. The van der Waals surface area contributed by atoms with Gasteiger partial charge in [-0.3, -0.25) is 29.3 Å². The number of carbonyl (C=O) groups is 5. The van der Waals surface area contributed by atoms with Gasteiger partial charge in [-0.25, -0.2) is 0 Å². The zero-order chi connectivity index (χ0) is 25.1. The molecule has 5 atom stereocenters. The summed E-state index contributed by atoms with van der Waals surface area (Å²) in [6.45, 7) is 0.498. The van der Waals surface area contributed by atoms with Crippen molar-refractivity contribution in [1.29, 1.82) is 0 Å². The summed E-state index contributed by atoms with van der Waals surface area (Å²) in [6, 6.07) is -1.10. The SMILES string of the molecule is NCCNC(=O)[C@H](CC(=O)NC1CCC(S)C1S)NC(=O)CCCCCSC1CC(=O)NC1=O. The van der Waals surface area contributed by atoms with Crippen LogP contribution in [-0.2, 0) is 24.0 Å². The lowest BCUT2D eigenvalue weighted by atomic mass is 10.1. The summed E-state index contributed by atoms with van der Waals surface area (Å²) in [7, 11) is 0. The fourth-order valence-corrected chi connectivity index (χ4v) is 5.68. The van der Waals surface area contributed by atoms with Crippen molar-refractivity contribution in [2.45, 2.75) is 79.2 Å². The van der Waals surface area contributed by atoms with Gasteiger partial charge in [0.25, 0.3) is 0 Å². The first-order valence-electron chi connectivity index (χ1n) is 11.6. The number of amides is 5. The summed E-state index contributed by atoms with van der Waals surface area (Å²) in [6.07, 6.45) is 4.07. The van der Waals surface area contributed by atoms with Gasteiger partial charge in [0.05, 0.1) is 11.7 Å². The highest BCUT2D eigenvalue weighted by molar-refractivity contribution is 8.00. The Morgan fingerprint density at radius 2 is 1.88 bits per heavy atom. The number of hydrogen-bond donors (Lipinski definition) is 7. The van der Waals surface area contributed by atoms with Gasteiger partial charge in [0.15, 0.2) is 0 Å². The Bertz CT molecular complexity index is 756. The highest BCUT2D eigenvalue weighted by atomic mass is 32.2. The highest BCUT2D eigenvalue weighted by Crippen LogP contribution is 2.28. The maximum atomic E-state index is 12.5. The average molecular weight is 534 g/mol. The van der Waals surface area contributed by atoms with Crippen LogP contribution in [0.15, 0.2) is 0 Å². The molecule has 5 amide bonds. The lowest BCUT2D eigenvalue weighted by molar-refractivity contribution is -0.132. The molecule has 2 rings (SSSR count). The van der Waals surface area contributed by atoms with Gasteiger partial charge < -0.3 is 21.7 Å². The summed E-state index contributed by atoms with van der Waals surface area (Å²) in [5, 5.41) is 10.2. The third-order valence-corrected chi connectivity index (χ3v) is 8.55. The van der Waals surface area contributed by atoms with E-state index < -0.39 is 11.9 Å². The quantitative estimate of drug-likeness (QED) is 0.0902. The van der Waals surface area contributed by atoms with Crippen LogP contribution in [0.5, 0.6) is 0 Å². The predicted molar refractivity (Wildman–Crippen MR) is 138 cm³/mol. The Kier molecular flexibility index (Phi) is 12.6. The van der Waals surface area contributed by atoms with E-state index in [4.69, 9.17) is 5.73 Å². The number of unbranched alkanes of at least 4 members (excludes halogenated alkanes) is 2. The summed E-state index contributed by atoms with van der Waals surface area (Å²) in [4.78, 5) is 60.1. The number of thiol groups is 2. The zero-order valence-electron chi connectivity index (χ0n) is 19.1. The number of rotatable bonds is 14. The Labute approximate surface area is 215 Å². The van der Waals surface area contributed by atoms with Gasteiger partial charge in [-0.15, -0.1) is 11.8 Å². The minimum absolute atomic E-state index is 0.0619. The molecule has 13 heteroatoms. The van der Waals surface area contributed by atoms with E-state index in [0.29, 0.717) is 6.42 Å². The number of imide groups is 1. The zero-order valence-corrected chi connectivity index (χ0v) is 21.7. The van der Waals surface area contributed by atoms with Crippen molar-refractivity contribution in [1.82, 2.24) is 21.3 Å². The number of thioether (sulfide) groups is 1. The van der Waals surface area contributed by atoms with E-state index in [1.54, 1.807) is 0 Å². The third-order valence-electron chi connectivity index (χ3n) is 5.70. The molecule has 34 heavy (non-hydrogen) atoms. The molecule has 10 nitrogen and oxygen atoms in total. The first-order chi connectivity index (χ1) is 16.2. The monoisotopic (exact) mass is 533 g/mol. The van der Waals surface area contributed by atoms with Gasteiger partial charge in [0, 0.05) is 42.5 Å². The Morgan fingerprint density at radius 3 is 2.50 bits per heavy atom. The van der Waals surface area contributed by atoms with Crippen LogP contribution in [0.25, 0.3) is 0 Å². The fraction of sp³-hybridized carbons (Fsp3) is 0.762. The summed E-state index contributed by atoms with van der Waals surface area (Å²) in [5.41, 5.74) is 5.44. The molecule has 1 saturated heterocycles. The highest BCUT2D eigenvalue weighted by Gasteiger charge is 2.33. The van der Waals surface area contributed by atoms with Crippen molar-refractivity contribution in [2.75, 3.05) is 18.8 Å². The standard InChI is InChI=1S/C21H35N5O5S3/c22-7-8-23-20(30)13(10-17(28)24-12-5-6-14(32)19(12)33)25-16(27)4-2-1-3-9-34-15-11-18(29)26-21(15)31/h12-15,19,32-33H,1-11,22H2,(H,23,30)(H,24,28)(H,25,27)(H,26,29,31)/t12?,13-,14?,15?,19?/m0/s1. The first kappa shape index (κ1) is 28.8. The van der Waals surface area contributed by atoms with Gasteiger partial charge in [0.1, 0.15) is 6.04 Å². The summed E-state index contributed by atoms with van der Waals surface area (Å²) in [5.74, 6) is -0.838. The summed E-state index contributed by atoms with van der Waals surface area (Å²) < 4.78 is 0. The third kappa shape index (κ3) is 9.67. The normalized spacial score (nSPS) is 25.0. The van der Waals surface area contributed by atoms with Crippen molar-refractivity contribution in [3.63, 3.8) is 0 Å². The van der Waals surface area contributed by atoms with Gasteiger partial charge in [0.2, 0.25) is 29.5 Å². The van der Waals surface area contributed by atoms with E-state index in [-0.39, 0.29) is 77.8 Å². The van der Waals surface area contributed by atoms with Crippen LogP contribution in [0.3, 0.4) is 0 Å². The molecule has 0 radical (unpaired) electrons. The lowest BCUT2D eigenvalue weighted by Crippen LogP contribution is -2.51. The molecular formula is C21H35N5O5S3. The van der Waals surface area contributed by atoms with E-state index in [0.717, 1.165) is 31.4 Å². The van der Waals surface area contributed by atoms with Crippen molar-refractivity contribution < 1.29 is 24.0 Å². The number of nitrogens with one attached hydrogen (secondary N) is 4. The topological polar surface area (TPSA) is 159 Å². The van der Waals surface area contributed by atoms with Gasteiger partial charge in [-0.05, 0) is 31.4 Å². The smallest absolute Gasteiger partial charge is 0.243 e. The van der Waals surface area contributed by atoms with E-state index in [1.807, 2.05) is 0 Å². The predicted octanol–water partition coefficient (Wildman–Crippen LogP) is -0.480. The molecule has 4 unspecified atom stereocenters. The minimum Gasteiger partial charge on any atom is -0.353 e. The van der Waals surface area contributed by atoms with Crippen molar-refractivity contribution in [2.24, 2.45) is 5.73 Å². The van der Waals surface area contributed by atoms with Crippen molar-refractivity contribution in [3.05, 3.63) is 0 Å². The molecule has 0 aromatic carbocycles. The van der Waals surface area contributed by atoms with Crippen LogP contribution in [0.4, 0.5) is 0 Å². The van der Waals surface area contributed by atoms with Gasteiger partial charge in [-0.2, -0.15) is 25.3 Å². The molecule has 6 N–H and O–H groups in total. The second-order valence-electron chi connectivity index (χ2n) is 8.50. The maximum absolute atomic E-state index is 12.5. The second kappa shape index (κ2) is 14.8. The van der Waals surface area contributed by atoms with E-state index in [9.17, 15) is 24.0 Å². The van der Waals surface area contributed by atoms with Crippen LogP contribution < -0.4 is 27.0 Å². The molecule has 2 aliphatic rings. The first-order valence-corrected chi connectivity index (χ1v) is 13.7. The molecule has 0 aromatic heterocycles. The van der Waals surface area contributed by atoms with Crippen LogP contribution in [0, 0.1) is 0 Å². The number of carbonyl (C=O) groups excluding carboxylic acids is 5. The molecule has 0 bridgehead atoms. The molecule has 0 spiro atoms. The molecule has 2 fully saturated rings. The summed E-state index contributed by atoms with van der Waals surface area (Å²) >= 11 is 10.4. The fourth-order valence-electron chi connectivity index (χ4n) is 3.82. The van der Waals surface area contributed by atoms with Crippen molar-refractivity contribution in [3.8, 4) is 0 Å². The Hall–Kier alpha value is -1.44. The van der Waals surface area contributed by atoms with Crippen LogP contribution >= 0.6 is 37.0 Å². The molecule has 1 heterocycles. The molecule has 192 valence electrons. The molecule has 1 aliphatic carbocycles. The van der Waals surface area contributed by atoms with Crippen LogP contribution in [-0.4, -0.2) is 76.2 Å². The van der Waals surface area contributed by atoms with E-state index in [2.05, 4.69) is 46.5 Å². The van der Waals surface area contributed by atoms with Crippen LogP contribution in [0.1, 0.15) is 51.4 Å². The molecule has 1 saturated carbocycles. The van der Waals surface area contributed by atoms with E-state index in [1.165, 1.54) is 11.8 Å². The van der Waals surface area contributed by atoms with Crippen molar-refractivity contribution >= 4 is 66.6 Å². The minimum atomic E-state index is -0.986. The lowest BCUT2D eigenvalue weighted by Gasteiger charge is -2.22. The van der Waals surface area contributed by atoms with Gasteiger partial charge >= 0.3 is 0 Å². The molecule has 1 aliphatic heterocycles. The second-order valence-corrected chi connectivity index (χ2v) is 11.1. The van der Waals surface area contributed by atoms with Gasteiger partial charge in [-0.1, -0.05) is 6.42 Å². The average Bonchev–Trinajstić information content (AvgIpc) is 3.28.